The van der Waals surface area contributed by atoms with Crippen LogP contribution in [0.15, 0.2) is 79.1 Å². The van der Waals surface area contributed by atoms with Crippen molar-refractivity contribution in [2.45, 2.75) is 19.4 Å². The number of H-pyrrole nitrogens is 1. The number of fused-ring (bicyclic) bond motifs is 1. The van der Waals surface area contributed by atoms with Crippen LogP contribution in [0.2, 0.25) is 0 Å². The molecule has 0 fully saturated rings. The lowest BCUT2D eigenvalue weighted by molar-refractivity contribution is -0.361. The van der Waals surface area contributed by atoms with Gasteiger partial charge >= 0.3 is 0 Å². The van der Waals surface area contributed by atoms with Gasteiger partial charge in [-0.25, -0.2) is 4.98 Å². The van der Waals surface area contributed by atoms with Gasteiger partial charge in [-0.05, 0) is 30.2 Å². The van der Waals surface area contributed by atoms with Crippen molar-refractivity contribution in [2.24, 2.45) is 0 Å². The number of aryl methyl sites for hydroxylation is 1. The molecule has 2 aromatic carbocycles. The fraction of sp³-hybridized carbons (Fsp3) is 0.130. The lowest BCUT2D eigenvalue weighted by atomic mass is 9.95. The van der Waals surface area contributed by atoms with Crippen molar-refractivity contribution in [3.63, 3.8) is 0 Å². The number of phenols is 1. The monoisotopic (exact) mass is 356 g/mol. The van der Waals surface area contributed by atoms with E-state index in [9.17, 15) is 5.11 Å². The number of anilines is 1. The Morgan fingerprint density at radius 1 is 1.00 bits per heavy atom. The van der Waals surface area contributed by atoms with Gasteiger partial charge in [-0.3, -0.25) is 10.3 Å². The predicted octanol–water partition coefficient (Wildman–Crippen LogP) is 4.52. The first-order chi connectivity index (χ1) is 13.3. The molecule has 4 heteroatoms. The summed E-state index contributed by atoms with van der Waals surface area (Å²) in [5.41, 5.74) is 3.77. The van der Waals surface area contributed by atoms with Crippen LogP contribution in [0.4, 0.5) is 5.82 Å². The molecule has 0 unspecified atom stereocenters. The average molecular weight is 356 g/mol. The van der Waals surface area contributed by atoms with E-state index in [1.165, 1.54) is 5.56 Å². The molecular weight excluding hydrogens is 334 g/mol. The van der Waals surface area contributed by atoms with E-state index in [1.54, 1.807) is 6.20 Å². The van der Waals surface area contributed by atoms with Crippen LogP contribution in [0.1, 0.15) is 29.7 Å². The van der Waals surface area contributed by atoms with Crippen molar-refractivity contribution >= 4 is 16.7 Å². The fourth-order valence-corrected chi connectivity index (χ4v) is 3.30. The van der Waals surface area contributed by atoms with E-state index in [-0.39, 0.29) is 11.8 Å². The first-order valence-corrected chi connectivity index (χ1v) is 9.15. The van der Waals surface area contributed by atoms with Gasteiger partial charge in [0, 0.05) is 28.8 Å². The molecule has 0 aliphatic rings. The molecule has 4 rings (SSSR count). The molecule has 0 aliphatic heterocycles. The molecule has 2 heterocycles. The molecule has 2 aromatic heterocycles. The average Bonchev–Trinajstić information content (AvgIpc) is 2.74. The topological polar surface area (TPSA) is 59.3 Å². The van der Waals surface area contributed by atoms with Crippen molar-refractivity contribution in [2.75, 3.05) is 5.32 Å². The van der Waals surface area contributed by atoms with Crippen molar-refractivity contribution in [3.8, 4) is 5.75 Å². The Balaban J connectivity index is 1.83. The normalized spacial score (nSPS) is 12.0. The number of aromatic hydroxyl groups is 1. The molecule has 4 nitrogen and oxygen atoms in total. The standard InChI is InChI=1S/C23H21N3O/c1-2-16-8-10-18(11-9-16)21(26-20-7-3-4-14-24-20)19-13-12-17-6-5-15-25-22(17)23(19)27/h3-15,21,27H,2H2,1H3,(H,24,26)/p+1/t21-/m1/s1. The second-order valence-electron chi connectivity index (χ2n) is 6.53. The van der Waals surface area contributed by atoms with Crippen molar-refractivity contribution in [1.82, 2.24) is 4.98 Å². The summed E-state index contributed by atoms with van der Waals surface area (Å²) < 4.78 is 0. The maximum Gasteiger partial charge on any atom is 0.272 e. The second kappa shape index (κ2) is 7.46. The molecule has 0 radical (unpaired) electrons. The van der Waals surface area contributed by atoms with E-state index >= 15 is 0 Å². The molecular formula is C23H22N3O+. The van der Waals surface area contributed by atoms with Gasteiger partial charge in [0.1, 0.15) is 17.3 Å². The number of hydrogen-bond acceptors (Lipinski definition) is 3. The third-order valence-electron chi connectivity index (χ3n) is 4.82. The SMILES string of the molecule is CCc1ccc([C@@H](Nc2cccc[nH+]2)c2ccc3cccnc3c2O)cc1. The number of benzene rings is 2. The molecule has 0 bridgehead atoms. The molecule has 3 N–H and O–H groups in total. The molecule has 0 aliphatic carbocycles. The first-order valence-electron chi connectivity index (χ1n) is 9.15. The first kappa shape index (κ1) is 17.0. The van der Waals surface area contributed by atoms with Crippen molar-refractivity contribution < 1.29 is 10.1 Å². The summed E-state index contributed by atoms with van der Waals surface area (Å²) in [6.45, 7) is 2.14. The van der Waals surface area contributed by atoms with E-state index in [1.807, 2.05) is 48.7 Å². The molecule has 0 saturated heterocycles. The van der Waals surface area contributed by atoms with Crippen LogP contribution in [-0.2, 0) is 6.42 Å². The van der Waals surface area contributed by atoms with Crippen molar-refractivity contribution in [1.29, 1.82) is 0 Å². The molecule has 1 atom stereocenters. The Hall–Kier alpha value is -3.40. The summed E-state index contributed by atoms with van der Waals surface area (Å²) in [5, 5.41) is 15.4. The summed E-state index contributed by atoms with van der Waals surface area (Å²) in [6.07, 6.45) is 4.58. The minimum atomic E-state index is -0.207. The van der Waals surface area contributed by atoms with Crippen LogP contribution in [0.25, 0.3) is 10.9 Å². The van der Waals surface area contributed by atoms with Gasteiger partial charge in [-0.2, -0.15) is 0 Å². The second-order valence-corrected chi connectivity index (χ2v) is 6.53. The summed E-state index contributed by atoms with van der Waals surface area (Å²) in [5.74, 6) is 1.09. The number of phenolic OH excluding ortho intramolecular Hbond substituents is 1. The minimum absolute atomic E-state index is 0.207. The zero-order valence-electron chi connectivity index (χ0n) is 15.2. The van der Waals surface area contributed by atoms with E-state index in [0.29, 0.717) is 5.52 Å². The molecule has 134 valence electrons. The smallest absolute Gasteiger partial charge is 0.272 e. The van der Waals surface area contributed by atoms with Gasteiger partial charge in [0.05, 0.1) is 6.20 Å². The molecule has 27 heavy (non-hydrogen) atoms. The Kier molecular flexibility index (Phi) is 4.71. The minimum Gasteiger partial charge on any atom is -0.505 e. The Bertz CT molecular complexity index is 1050. The third-order valence-corrected chi connectivity index (χ3v) is 4.82. The van der Waals surface area contributed by atoms with Gasteiger partial charge in [0.15, 0.2) is 0 Å². The maximum atomic E-state index is 10.9. The van der Waals surface area contributed by atoms with Crippen LogP contribution in [0, 0.1) is 0 Å². The van der Waals surface area contributed by atoms with E-state index < -0.39 is 0 Å². The summed E-state index contributed by atoms with van der Waals surface area (Å²) in [4.78, 5) is 7.58. The van der Waals surface area contributed by atoms with Crippen LogP contribution in [0.3, 0.4) is 0 Å². The number of nitrogens with one attached hydrogen (secondary N) is 2. The van der Waals surface area contributed by atoms with Gasteiger partial charge in [0.25, 0.3) is 5.82 Å². The third kappa shape index (κ3) is 3.47. The molecule has 0 saturated carbocycles. The summed E-state index contributed by atoms with van der Waals surface area (Å²) in [7, 11) is 0. The maximum absolute atomic E-state index is 10.9. The zero-order valence-corrected chi connectivity index (χ0v) is 15.2. The highest BCUT2D eigenvalue weighted by molar-refractivity contribution is 5.85. The van der Waals surface area contributed by atoms with Gasteiger partial charge in [-0.15, -0.1) is 0 Å². The van der Waals surface area contributed by atoms with Gasteiger partial charge < -0.3 is 5.11 Å². The fourth-order valence-electron chi connectivity index (χ4n) is 3.30. The van der Waals surface area contributed by atoms with Crippen LogP contribution in [-0.4, -0.2) is 10.1 Å². The molecule has 0 amide bonds. The Morgan fingerprint density at radius 3 is 2.59 bits per heavy atom. The van der Waals surface area contributed by atoms with E-state index in [2.05, 4.69) is 46.5 Å². The van der Waals surface area contributed by atoms with E-state index in [4.69, 9.17) is 0 Å². The van der Waals surface area contributed by atoms with Crippen LogP contribution in [0.5, 0.6) is 5.75 Å². The summed E-state index contributed by atoms with van der Waals surface area (Å²) >= 11 is 0. The predicted molar refractivity (Wildman–Crippen MR) is 108 cm³/mol. The number of pyridine rings is 2. The van der Waals surface area contributed by atoms with Gasteiger partial charge in [-0.1, -0.05) is 49.4 Å². The van der Waals surface area contributed by atoms with Gasteiger partial charge in [0.2, 0.25) is 0 Å². The number of aromatic amines is 1. The van der Waals surface area contributed by atoms with E-state index in [0.717, 1.165) is 28.8 Å². The summed E-state index contributed by atoms with van der Waals surface area (Å²) in [6, 6.07) is 22.0. The van der Waals surface area contributed by atoms with Crippen LogP contribution >= 0.6 is 0 Å². The number of aromatic nitrogens is 2. The highest BCUT2D eigenvalue weighted by Gasteiger charge is 2.24. The van der Waals surface area contributed by atoms with Crippen molar-refractivity contribution in [3.05, 3.63) is 95.8 Å². The Morgan fingerprint density at radius 2 is 1.85 bits per heavy atom. The molecule has 4 aromatic rings. The lowest BCUT2D eigenvalue weighted by Crippen LogP contribution is -2.19. The number of hydrogen-bond donors (Lipinski definition) is 2. The largest absolute Gasteiger partial charge is 0.505 e. The highest BCUT2D eigenvalue weighted by Crippen LogP contribution is 2.36. The number of nitrogens with zero attached hydrogens (tertiary/aromatic N) is 1. The molecule has 0 spiro atoms. The van der Waals surface area contributed by atoms with Crippen LogP contribution < -0.4 is 10.3 Å². The quantitative estimate of drug-likeness (QED) is 0.553. The highest BCUT2D eigenvalue weighted by atomic mass is 16.3. The number of rotatable bonds is 5. The Labute approximate surface area is 158 Å². The lowest BCUT2D eigenvalue weighted by Gasteiger charge is -2.18. The zero-order chi connectivity index (χ0) is 18.6.